The molecule has 0 aromatic heterocycles. The van der Waals surface area contributed by atoms with Gasteiger partial charge in [0.2, 0.25) is 11.4 Å². The van der Waals surface area contributed by atoms with E-state index >= 15 is 0 Å². The zero-order valence-corrected chi connectivity index (χ0v) is 18.5. The van der Waals surface area contributed by atoms with Crippen LogP contribution >= 0.6 is 39.1 Å². The summed E-state index contributed by atoms with van der Waals surface area (Å²) in [5, 5.41) is 3.70. The molecule has 9 heteroatoms. The van der Waals surface area contributed by atoms with Crippen molar-refractivity contribution in [3.8, 4) is 0 Å². The minimum Gasteiger partial charge on any atom is -0.464 e. The van der Waals surface area contributed by atoms with Crippen molar-refractivity contribution in [2.24, 2.45) is 0 Å². The molecule has 0 saturated carbocycles. The summed E-state index contributed by atoms with van der Waals surface area (Å²) in [6.07, 6.45) is 0.400. The number of hydrogen-bond donors (Lipinski definition) is 1. The highest BCUT2D eigenvalue weighted by Crippen LogP contribution is 2.30. The number of ether oxygens (including phenoxy) is 2. The zero-order valence-electron chi connectivity index (χ0n) is 15.4. The molecule has 1 amide bonds. The summed E-state index contributed by atoms with van der Waals surface area (Å²) < 4.78 is 10.2. The molecule has 0 aliphatic heterocycles. The van der Waals surface area contributed by atoms with E-state index in [1.807, 2.05) is 0 Å². The highest BCUT2D eigenvalue weighted by atomic mass is 79.9. The maximum absolute atomic E-state index is 12.7. The number of hydrogen-bond acceptors (Lipinski definition) is 5. The van der Waals surface area contributed by atoms with Crippen LogP contribution in [0.25, 0.3) is 0 Å². The largest absolute Gasteiger partial charge is 0.464 e. The van der Waals surface area contributed by atoms with Crippen molar-refractivity contribution < 1.29 is 23.9 Å². The molecular formula is C18H22BrCl2NO5. The molecule has 1 rings (SSSR count). The summed E-state index contributed by atoms with van der Waals surface area (Å²) in [4.78, 5) is 37.3. The van der Waals surface area contributed by atoms with Gasteiger partial charge in [-0.2, -0.15) is 0 Å². The van der Waals surface area contributed by atoms with Gasteiger partial charge in [0.15, 0.2) is 0 Å². The SMILES string of the molecule is CCOC(=O)C(Cc1cc(Cl)c(Cl)cc1CCBr)(NC(C)=O)C(=O)OCC. The van der Waals surface area contributed by atoms with Gasteiger partial charge in [-0.25, -0.2) is 9.59 Å². The number of nitrogens with one attached hydrogen (secondary N) is 1. The lowest BCUT2D eigenvalue weighted by Gasteiger charge is -2.30. The Bertz CT molecular complexity index is 693. The van der Waals surface area contributed by atoms with Crippen LogP contribution in [0.1, 0.15) is 31.9 Å². The van der Waals surface area contributed by atoms with E-state index in [1.165, 1.54) is 6.92 Å². The Hall–Kier alpha value is -1.31. The molecule has 6 nitrogen and oxygen atoms in total. The van der Waals surface area contributed by atoms with Crippen LogP contribution in [0.15, 0.2) is 12.1 Å². The molecule has 0 radical (unpaired) electrons. The van der Waals surface area contributed by atoms with Crippen molar-refractivity contribution in [2.45, 2.75) is 39.2 Å². The van der Waals surface area contributed by atoms with E-state index in [2.05, 4.69) is 21.2 Å². The first-order valence-electron chi connectivity index (χ1n) is 8.37. The molecule has 0 saturated heterocycles. The molecule has 0 bridgehead atoms. The van der Waals surface area contributed by atoms with Crippen LogP contribution < -0.4 is 5.32 Å². The maximum Gasteiger partial charge on any atom is 0.344 e. The summed E-state index contributed by atoms with van der Waals surface area (Å²) >= 11 is 15.6. The Balaban J connectivity index is 3.54. The summed E-state index contributed by atoms with van der Waals surface area (Å²) in [5.41, 5.74) is -0.654. The van der Waals surface area contributed by atoms with E-state index in [0.29, 0.717) is 22.3 Å². The molecule has 0 aliphatic carbocycles. The van der Waals surface area contributed by atoms with E-state index in [-0.39, 0.29) is 24.7 Å². The van der Waals surface area contributed by atoms with Crippen LogP contribution in [0.4, 0.5) is 0 Å². The van der Waals surface area contributed by atoms with Crippen LogP contribution in [-0.4, -0.2) is 41.9 Å². The second kappa shape index (κ2) is 10.9. The van der Waals surface area contributed by atoms with Crippen LogP contribution in [-0.2, 0) is 36.7 Å². The number of carbonyl (C=O) groups is 3. The summed E-state index contributed by atoms with van der Waals surface area (Å²) in [6, 6.07) is 3.26. The quantitative estimate of drug-likeness (QED) is 0.331. The highest BCUT2D eigenvalue weighted by molar-refractivity contribution is 9.09. The van der Waals surface area contributed by atoms with Gasteiger partial charge in [0.05, 0.1) is 23.3 Å². The van der Waals surface area contributed by atoms with Gasteiger partial charge in [0, 0.05) is 18.7 Å². The monoisotopic (exact) mass is 481 g/mol. The smallest absolute Gasteiger partial charge is 0.344 e. The zero-order chi connectivity index (χ0) is 20.6. The minimum atomic E-state index is -2.02. The fourth-order valence-corrected chi connectivity index (χ4v) is 3.40. The number of amides is 1. The molecule has 1 aromatic rings. The van der Waals surface area contributed by atoms with Crippen LogP contribution in [0.2, 0.25) is 10.0 Å². The lowest BCUT2D eigenvalue weighted by molar-refractivity contribution is -0.168. The van der Waals surface area contributed by atoms with Gasteiger partial charge in [-0.3, -0.25) is 4.79 Å². The number of esters is 2. The Kier molecular flexibility index (Phi) is 9.56. The van der Waals surface area contributed by atoms with Crippen molar-refractivity contribution in [1.82, 2.24) is 5.32 Å². The van der Waals surface area contributed by atoms with Gasteiger partial charge in [-0.1, -0.05) is 39.1 Å². The maximum atomic E-state index is 12.7. The second-order valence-corrected chi connectivity index (χ2v) is 7.29. The molecule has 0 unspecified atom stereocenters. The van der Waals surface area contributed by atoms with E-state index in [0.717, 1.165) is 5.56 Å². The molecule has 0 fully saturated rings. The molecule has 0 heterocycles. The van der Waals surface area contributed by atoms with E-state index in [1.54, 1.807) is 26.0 Å². The highest BCUT2D eigenvalue weighted by Gasteiger charge is 2.50. The fourth-order valence-electron chi connectivity index (χ4n) is 2.60. The number of rotatable bonds is 9. The average Bonchev–Trinajstić information content (AvgIpc) is 2.58. The van der Waals surface area contributed by atoms with Crippen molar-refractivity contribution >= 4 is 57.0 Å². The molecule has 1 N–H and O–H groups in total. The van der Waals surface area contributed by atoms with Gasteiger partial charge < -0.3 is 14.8 Å². The van der Waals surface area contributed by atoms with Crippen molar-refractivity contribution in [1.29, 1.82) is 0 Å². The average molecular weight is 483 g/mol. The molecule has 0 atom stereocenters. The Morgan fingerprint density at radius 2 is 1.52 bits per heavy atom. The number of halogens is 3. The number of aryl methyl sites for hydroxylation is 1. The molecule has 0 aliphatic rings. The normalized spacial score (nSPS) is 11.0. The van der Waals surface area contributed by atoms with E-state index < -0.39 is 23.4 Å². The summed E-state index contributed by atoms with van der Waals surface area (Å²) in [6.45, 7) is 4.50. The van der Waals surface area contributed by atoms with Gasteiger partial charge in [-0.15, -0.1) is 0 Å². The van der Waals surface area contributed by atoms with Crippen LogP contribution in [0, 0.1) is 0 Å². The topological polar surface area (TPSA) is 81.7 Å². The van der Waals surface area contributed by atoms with Gasteiger partial charge in [0.1, 0.15) is 0 Å². The lowest BCUT2D eigenvalue weighted by atomic mass is 9.87. The number of carbonyl (C=O) groups excluding carboxylic acids is 3. The predicted octanol–water partition coefficient (Wildman–Crippen LogP) is 3.47. The number of benzene rings is 1. The van der Waals surface area contributed by atoms with E-state index in [9.17, 15) is 14.4 Å². The van der Waals surface area contributed by atoms with Gasteiger partial charge in [-0.05, 0) is 43.5 Å². The first-order valence-corrected chi connectivity index (χ1v) is 10.3. The Morgan fingerprint density at radius 1 is 1.04 bits per heavy atom. The van der Waals surface area contributed by atoms with Crippen LogP contribution in [0.3, 0.4) is 0 Å². The molecule has 27 heavy (non-hydrogen) atoms. The minimum absolute atomic E-state index is 0.0369. The van der Waals surface area contributed by atoms with Gasteiger partial charge >= 0.3 is 11.9 Å². The lowest BCUT2D eigenvalue weighted by Crippen LogP contribution is -2.62. The first-order chi connectivity index (χ1) is 12.7. The molecule has 150 valence electrons. The van der Waals surface area contributed by atoms with Crippen molar-refractivity contribution in [2.75, 3.05) is 18.5 Å². The predicted molar refractivity (Wildman–Crippen MR) is 107 cm³/mol. The van der Waals surface area contributed by atoms with Crippen LogP contribution in [0.5, 0.6) is 0 Å². The Morgan fingerprint density at radius 3 is 1.93 bits per heavy atom. The van der Waals surface area contributed by atoms with Crippen molar-refractivity contribution in [3.05, 3.63) is 33.3 Å². The second-order valence-electron chi connectivity index (χ2n) is 5.68. The standard InChI is InChI=1S/C18H22BrCl2NO5/c1-4-26-16(24)18(22-11(3)23,17(25)27-5-2)10-13-9-15(21)14(20)8-12(13)6-7-19/h8-9H,4-7,10H2,1-3H3,(H,22,23). The third-order valence-corrected chi connectivity index (χ3v) is 4.82. The van der Waals surface area contributed by atoms with Gasteiger partial charge in [0.25, 0.3) is 0 Å². The molecule has 1 aromatic carbocycles. The first kappa shape index (κ1) is 23.7. The van der Waals surface area contributed by atoms with E-state index in [4.69, 9.17) is 32.7 Å². The molecule has 0 spiro atoms. The Labute approximate surface area is 177 Å². The fraction of sp³-hybridized carbons (Fsp3) is 0.500. The third-order valence-electron chi connectivity index (χ3n) is 3.70. The molecular weight excluding hydrogens is 461 g/mol. The summed E-state index contributed by atoms with van der Waals surface area (Å²) in [5.74, 6) is -2.36. The van der Waals surface area contributed by atoms with Crippen molar-refractivity contribution in [3.63, 3.8) is 0 Å². The number of alkyl halides is 1. The third kappa shape index (κ3) is 6.09. The summed E-state index contributed by atoms with van der Waals surface area (Å²) in [7, 11) is 0.